The van der Waals surface area contributed by atoms with Gasteiger partial charge in [-0.25, -0.2) is 0 Å². The summed E-state index contributed by atoms with van der Waals surface area (Å²) in [7, 11) is 6.48. The first kappa shape index (κ1) is 16.7. The molecule has 0 aliphatic rings. The molecule has 0 unspecified atom stereocenters. The van der Waals surface area contributed by atoms with Crippen LogP contribution in [0.3, 0.4) is 0 Å². The van der Waals surface area contributed by atoms with Crippen molar-refractivity contribution in [3.63, 3.8) is 0 Å². The van der Waals surface area contributed by atoms with E-state index in [1.807, 2.05) is 6.07 Å². The van der Waals surface area contributed by atoms with Gasteiger partial charge in [0.15, 0.2) is 17.3 Å². The molecule has 0 radical (unpaired) electrons. The molecular weight excluding hydrogens is 298 g/mol. The monoisotopic (exact) mass is 319 g/mol. The maximum atomic E-state index is 12.0. The van der Waals surface area contributed by atoms with Gasteiger partial charge in [-0.2, -0.15) is 5.10 Å². The SMILES string of the molecule is COc1ccc(CCC(=O)Nc2ccn(C)n2)c(OC)c1OC. The summed E-state index contributed by atoms with van der Waals surface area (Å²) in [6, 6.07) is 5.41. The number of amides is 1. The average molecular weight is 319 g/mol. The van der Waals surface area contributed by atoms with Gasteiger partial charge in [0.1, 0.15) is 0 Å². The molecule has 1 aromatic heterocycles. The topological polar surface area (TPSA) is 74.6 Å². The fourth-order valence-electron chi connectivity index (χ4n) is 2.30. The third-order valence-corrected chi connectivity index (χ3v) is 3.39. The molecule has 0 saturated carbocycles. The summed E-state index contributed by atoms with van der Waals surface area (Å²) in [6.45, 7) is 0. The van der Waals surface area contributed by atoms with E-state index in [0.717, 1.165) is 5.56 Å². The number of rotatable bonds is 7. The molecule has 1 aromatic carbocycles. The zero-order chi connectivity index (χ0) is 16.8. The molecule has 1 heterocycles. The Kier molecular flexibility index (Phi) is 5.46. The summed E-state index contributed by atoms with van der Waals surface area (Å²) in [4.78, 5) is 12.0. The number of aryl methyl sites for hydroxylation is 2. The van der Waals surface area contributed by atoms with Gasteiger partial charge in [-0.3, -0.25) is 9.48 Å². The second-order valence-corrected chi connectivity index (χ2v) is 4.92. The van der Waals surface area contributed by atoms with Gasteiger partial charge in [0, 0.05) is 25.7 Å². The summed E-state index contributed by atoms with van der Waals surface area (Å²) in [5.74, 6) is 2.12. The van der Waals surface area contributed by atoms with Crippen LogP contribution in [-0.2, 0) is 18.3 Å². The maximum Gasteiger partial charge on any atom is 0.225 e. The summed E-state index contributed by atoms with van der Waals surface area (Å²) in [5, 5.41) is 6.87. The van der Waals surface area contributed by atoms with Crippen molar-refractivity contribution in [1.29, 1.82) is 0 Å². The number of hydrogen-bond acceptors (Lipinski definition) is 5. The summed E-state index contributed by atoms with van der Waals surface area (Å²) in [6.07, 6.45) is 2.59. The Bertz CT molecular complexity index is 682. The summed E-state index contributed by atoms with van der Waals surface area (Å²) < 4.78 is 17.6. The van der Waals surface area contributed by atoms with Gasteiger partial charge in [-0.05, 0) is 18.1 Å². The molecule has 0 spiro atoms. The molecule has 0 aliphatic heterocycles. The van der Waals surface area contributed by atoms with Crippen molar-refractivity contribution in [2.75, 3.05) is 26.6 Å². The van der Waals surface area contributed by atoms with E-state index in [-0.39, 0.29) is 5.91 Å². The van der Waals surface area contributed by atoms with Gasteiger partial charge < -0.3 is 19.5 Å². The Hall–Kier alpha value is -2.70. The second-order valence-electron chi connectivity index (χ2n) is 4.92. The van der Waals surface area contributed by atoms with Crippen molar-refractivity contribution < 1.29 is 19.0 Å². The van der Waals surface area contributed by atoms with E-state index >= 15 is 0 Å². The largest absolute Gasteiger partial charge is 0.493 e. The van der Waals surface area contributed by atoms with E-state index in [0.29, 0.717) is 35.9 Å². The number of nitrogens with one attached hydrogen (secondary N) is 1. The number of methoxy groups -OCH3 is 3. The zero-order valence-corrected chi connectivity index (χ0v) is 13.8. The van der Waals surface area contributed by atoms with Gasteiger partial charge in [0.05, 0.1) is 21.3 Å². The molecule has 23 heavy (non-hydrogen) atoms. The summed E-state index contributed by atoms with van der Waals surface area (Å²) >= 11 is 0. The third-order valence-electron chi connectivity index (χ3n) is 3.39. The van der Waals surface area contributed by atoms with Crippen LogP contribution in [-0.4, -0.2) is 37.0 Å². The first-order valence-corrected chi connectivity index (χ1v) is 7.16. The van der Waals surface area contributed by atoms with Crippen molar-refractivity contribution in [2.45, 2.75) is 12.8 Å². The van der Waals surface area contributed by atoms with Crippen molar-refractivity contribution >= 4 is 11.7 Å². The Morgan fingerprint density at radius 2 is 1.87 bits per heavy atom. The molecule has 0 atom stereocenters. The van der Waals surface area contributed by atoms with E-state index < -0.39 is 0 Å². The molecule has 2 aromatic rings. The van der Waals surface area contributed by atoms with Crippen molar-refractivity contribution in [2.24, 2.45) is 7.05 Å². The highest BCUT2D eigenvalue weighted by molar-refractivity contribution is 5.89. The van der Waals surface area contributed by atoms with Crippen LogP contribution in [0, 0.1) is 0 Å². The molecule has 124 valence electrons. The third kappa shape index (κ3) is 3.94. The Morgan fingerprint density at radius 3 is 2.43 bits per heavy atom. The predicted octanol–water partition coefficient (Wildman–Crippen LogP) is 2.02. The highest BCUT2D eigenvalue weighted by Gasteiger charge is 2.16. The number of carbonyl (C=O) groups is 1. The second kappa shape index (κ2) is 7.53. The molecular formula is C16H21N3O4. The van der Waals surface area contributed by atoms with Crippen molar-refractivity contribution in [3.05, 3.63) is 30.0 Å². The lowest BCUT2D eigenvalue weighted by Crippen LogP contribution is -2.13. The van der Waals surface area contributed by atoms with Gasteiger partial charge in [0.2, 0.25) is 11.7 Å². The lowest BCUT2D eigenvalue weighted by Gasteiger charge is -2.15. The highest BCUT2D eigenvalue weighted by atomic mass is 16.5. The van der Waals surface area contributed by atoms with Gasteiger partial charge >= 0.3 is 0 Å². The quantitative estimate of drug-likeness (QED) is 0.845. The Morgan fingerprint density at radius 1 is 1.13 bits per heavy atom. The van der Waals surface area contributed by atoms with E-state index in [9.17, 15) is 4.79 Å². The molecule has 0 fully saturated rings. The summed E-state index contributed by atoms with van der Waals surface area (Å²) in [5.41, 5.74) is 0.876. The van der Waals surface area contributed by atoms with E-state index in [2.05, 4.69) is 10.4 Å². The number of aromatic nitrogens is 2. The predicted molar refractivity (Wildman–Crippen MR) is 86.3 cm³/mol. The Balaban J connectivity index is 2.06. The number of benzene rings is 1. The first-order valence-electron chi connectivity index (χ1n) is 7.16. The molecule has 1 N–H and O–H groups in total. The molecule has 1 amide bonds. The standard InChI is InChI=1S/C16H21N3O4/c1-19-10-9-13(18-19)17-14(20)8-6-11-5-7-12(21-2)16(23-4)15(11)22-3/h5,7,9-10H,6,8H2,1-4H3,(H,17,18,20). The molecule has 7 nitrogen and oxygen atoms in total. The van der Waals surface area contributed by atoms with Crippen molar-refractivity contribution in [1.82, 2.24) is 9.78 Å². The molecule has 0 bridgehead atoms. The number of anilines is 1. The van der Waals surface area contributed by atoms with Gasteiger partial charge in [0.25, 0.3) is 0 Å². The fourth-order valence-corrected chi connectivity index (χ4v) is 2.30. The smallest absolute Gasteiger partial charge is 0.225 e. The maximum absolute atomic E-state index is 12.0. The molecule has 7 heteroatoms. The van der Waals surface area contributed by atoms with Crippen LogP contribution >= 0.6 is 0 Å². The van der Waals surface area contributed by atoms with Crippen LogP contribution in [0.4, 0.5) is 5.82 Å². The van der Waals surface area contributed by atoms with Crippen LogP contribution in [0.5, 0.6) is 17.2 Å². The van der Waals surface area contributed by atoms with E-state index in [4.69, 9.17) is 14.2 Å². The number of hydrogen-bond donors (Lipinski definition) is 1. The molecule has 2 rings (SSSR count). The van der Waals surface area contributed by atoms with Crippen LogP contribution in [0.2, 0.25) is 0 Å². The number of ether oxygens (including phenoxy) is 3. The fraction of sp³-hybridized carbons (Fsp3) is 0.375. The number of carbonyl (C=O) groups excluding carboxylic acids is 1. The van der Waals surface area contributed by atoms with E-state index in [1.165, 1.54) is 0 Å². The highest BCUT2D eigenvalue weighted by Crippen LogP contribution is 2.40. The van der Waals surface area contributed by atoms with Crippen LogP contribution < -0.4 is 19.5 Å². The van der Waals surface area contributed by atoms with Crippen molar-refractivity contribution in [3.8, 4) is 17.2 Å². The average Bonchev–Trinajstić information content (AvgIpc) is 2.96. The van der Waals surface area contributed by atoms with Gasteiger partial charge in [-0.15, -0.1) is 0 Å². The minimum atomic E-state index is -0.111. The zero-order valence-electron chi connectivity index (χ0n) is 13.8. The lowest BCUT2D eigenvalue weighted by atomic mass is 10.1. The van der Waals surface area contributed by atoms with Crippen LogP contribution in [0.15, 0.2) is 24.4 Å². The van der Waals surface area contributed by atoms with Crippen LogP contribution in [0.25, 0.3) is 0 Å². The lowest BCUT2D eigenvalue weighted by molar-refractivity contribution is -0.116. The normalized spacial score (nSPS) is 10.3. The molecule has 0 aliphatic carbocycles. The minimum absolute atomic E-state index is 0.111. The number of nitrogens with zero attached hydrogens (tertiary/aromatic N) is 2. The van der Waals surface area contributed by atoms with E-state index in [1.54, 1.807) is 51.4 Å². The van der Waals surface area contributed by atoms with Crippen LogP contribution in [0.1, 0.15) is 12.0 Å². The van der Waals surface area contributed by atoms with Gasteiger partial charge in [-0.1, -0.05) is 6.07 Å². The minimum Gasteiger partial charge on any atom is -0.493 e. The Labute approximate surface area is 135 Å². The molecule has 0 saturated heterocycles. The first-order chi connectivity index (χ1) is 11.1.